The van der Waals surface area contributed by atoms with E-state index in [4.69, 9.17) is 9.47 Å². The van der Waals surface area contributed by atoms with Crippen LogP contribution in [-0.2, 0) is 11.3 Å². The molecule has 2 heterocycles. The fourth-order valence-corrected chi connectivity index (χ4v) is 4.06. The van der Waals surface area contributed by atoms with Gasteiger partial charge in [0.25, 0.3) is 0 Å². The van der Waals surface area contributed by atoms with E-state index >= 15 is 0 Å². The van der Waals surface area contributed by atoms with Crippen LogP contribution in [0.3, 0.4) is 0 Å². The van der Waals surface area contributed by atoms with Crippen molar-refractivity contribution < 1.29 is 14.3 Å². The number of ether oxygens (including phenoxy) is 2. The topological polar surface area (TPSA) is 69.6 Å². The molecule has 0 spiro atoms. The van der Waals surface area contributed by atoms with Crippen LogP contribution in [0.4, 0.5) is 5.69 Å². The van der Waals surface area contributed by atoms with Gasteiger partial charge in [0.05, 0.1) is 11.0 Å². The molecule has 0 radical (unpaired) electrons. The number of benzene rings is 3. The van der Waals surface area contributed by atoms with Crippen molar-refractivity contribution in [2.75, 3.05) is 18.5 Å². The number of aromatic nitrogens is 1. The molecule has 5 rings (SSSR count). The highest BCUT2D eigenvalue weighted by Crippen LogP contribution is 2.32. The Balaban J connectivity index is 1.33. The molecule has 0 saturated carbocycles. The number of aryl methyl sites for hydroxylation is 1. The van der Waals surface area contributed by atoms with Crippen LogP contribution >= 0.6 is 0 Å². The zero-order valence-corrected chi connectivity index (χ0v) is 17.0. The Morgan fingerprint density at radius 1 is 0.871 bits per heavy atom. The number of carbonyl (C=O) groups is 1. The summed E-state index contributed by atoms with van der Waals surface area (Å²) in [6.45, 7) is 1.68. The van der Waals surface area contributed by atoms with Crippen LogP contribution < -0.4 is 20.2 Å². The van der Waals surface area contributed by atoms with Gasteiger partial charge < -0.3 is 19.4 Å². The van der Waals surface area contributed by atoms with Gasteiger partial charge >= 0.3 is 0 Å². The van der Waals surface area contributed by atoms with Crippen LogP contribution in [0.25, 0.3) is 21.8 Å². The molecule has 1 aliphatic heterocycles. The number of anilines is 1. The lowest BCUT2D eigenvalue weighted by molar-refractivity contribution is -0.116. The fourth-order valence-electron chi connectivity index (χ4n) is 4.06. The van der Waals surface area contributed by atoms with Crippen LogP contribution in [0.2, 0.25) is 0 Å². The molecule has 1 N–H and O–H groups in total. The van der Waals surface area contributed by atoms with E-state index in [1.807, 2.05) is 60.7 Å². The Bertz CT molecular complexity index is 1280. The van der Waals surface area contributed by atoms with Gasteiger partial charge in [0.1, 0.15) is 13.2 Å². The van der Waals surface area contributed by atoms with Crippen LogP contribution in [0.5, 0.6) is 11.5 Å². The molecule has 0 aliphatic carbocycles. The van der Waals surface area contributed by atoms with Gasteiger partial charge in [0.15, 0.2) is 16.9 Å². The highest BCUT2D eigenvalue weighted by Gasteiger charge is 2.14. The molecule has 1 aliphatic rings. The van der Waals surface area contributed by atoms with Gasteiger partial charge in [-0.1, -0.05) is 24.3 Å². The van der Waals surface area contributed by atoms with Crippen LogP contribution in [0.1, 0.15) is 12.8 Å². The molecular weight excluding hydrogens is 392 g/mol. The number of pyridine rings is 1. The maximum Gasteiger partial charge on any atom is 0.224 e. The summed E-state index contributed by atoms with van der Waals surface area (Å²) in [6.07, 6.45) is 1.01. The number of nitrogens with zero attached hydrogens (tertiary/aromatic N) is 1. The zero-order chi connectivity index (χ0) is 21.2. The summed E-state index contributed by atoms with van der Waals surface area (Å²) in [5.41, 5.74) is 2.50. The van der Waals surface area contributed by atoms with E-state index in [0.717, 1.165) is 11.0 Å². The number of carbonyl (C=O) groups excluding carboxylic acids is 1. The number of nitrogens with one attached hydrogen (secondary N) is 1. The number of rotatable bonds is 5. The summed E-state index contributed by atoms with van der Waals surface area (Å²) >= 11 is 0. The summed E-state index contributed by atoms with van der Waals surface area (Å²) in [4.78, 5) is 25.3. The zero-order valence-electron chi connectivity index (χ0n) is 17.0. The van der Waals surface area contributed by atoms with E-state index in [1.54, 1.807) is 6.07 Å². The average molecular weight is 414 g/mol. The van der Waals surface area contributed by atoms with Crippen LogP contribution in [0, 0.1) is 0 Å². The van der Waals surface area contributed by atoms with E-state index in [0.29, 0.717) is 60.6 Å². The molecule has 0 unspecified atom stereocenters. The average Bonchev–Trinajstić information content (AvgIpc) is 2.81. The molecule has 3 aromatic carbocycles. The van der Waals surface area contributed by atoms with Gasteiger partial charge in [-0.05, 0) is 42.8 Å². The first kappa shape index (κ1) is 19.2. The third-order valence-electron chi connectivity index (χ3n) is 5.49. The van der Waals surface area contributed by atoms with Gasteiger partial charge in [0.2, 0.25) is 5.91 Å². The van der Waals surface area contributed by atoms with Crippen molar-refractivity contribution >= 4 is 33.4 Å². The molecule has 1 aromatic heterocycles. The standard InChI is InChI=1S/C25H22N2O4/c28-24(26-17-11-12-22-23(16-17)31-15-14-30-22)10-5-13-27-20-8-3-1-6-18(20)25(29)19-7-2-4-9-21(19)27/h1-4,6-9,11-12,16H,5,10,13-15H2,(H,26,28). The van der Waals surface area contributed by atoms with E-state index in [9.17, 15) is 9.59 Å². The van der Waals surface area contributed by atoms with Gasteiger partial charge in [-0.3, -0.25) is 9.59 Å². The first-order valence-electron chi connectivity index (χ1n) is 10.4. The third kappa shape index (κ3) is 3.72. The molecule has 0 saturated heterocycles. The molecular formula is C25H22N2O4. The van der Waals surface area contributed by atoms with Gasteiger partial charge in [-0.15, -0.1) is 0 Å². The maximum absolute atomic E-state index is 12.8. The number of hydrogen-bond donors (Lipinski definition) is 1. The monoisotopic (exact) mass is 414 g/mol. The molecule has 0 bridgehead atoms. The number of hydrogen-bond acceptors (Lipinski definition) is 4. The molecule has 1 amide bonds. The highest BCUT2D eigenvalue weighted by atomic mass is 16.6. The van der Waals surface area contributed by atoms with Crippen molar-refractivity contribution in [3.63, 3.8) is 0 Å². The second kappa shape index (κ2) is 8.14. The normalized spacial score (nSPS) is 12.8. The van der Waals surface area contributed by atoms with E-state index in [-0.39, 0.29) is 11.3 Å². The number of fused-ring (bicyclic) bond motifs is 3. The van der Waals surface area contributed by atoms with Crippen molar-refractivity contribution in [3.8, 4) is 11.5 Å². The fraction of sp³-hybridized carbons (Fsp3) is 0.200. The first-order valence-corrected chi connectivity index (χ1v) is 10.4. The predicted molar refractivity (Wildman–Crippen MR) is 121 cm³/mol. The van der Waals surface area contributed by atoms with Gasteiger partial charge in [-0.25, -0.2) is 0 Å². The summed E-state index contributed by atoms with van der Waals surface area (Å²) in [5.74, 6) is 1.28. The second-order valence-electron chi connectivity index (χ2n) is 7.53. The quantitative estimate of drug-likeness (QED) is 0.493. The smallest absolute Gasteiger partial charge is 0.224 e. The minimum absolute atomic E-state index is 0.0406. The first-order chi connectivity index (χ1) is 15.2. The number of para-hydroxylation sites is 2. The second-order valence-corrected chi connectivity index (χ2v) is 7.53. The Kier molecular flexibility index (Phi) is 5.04. The lowest BCUT2D eigenvalue weighted by atomic mass is 10.1. The summed E-state index contributed by atoms with van der Waals surface area (Å²) in [5, 5.41) is 4.32. The lowest BCUT2D eigenvalue weighted by Gasteiger charge is -2.19. The summed E-state index contributed by atoms with van der Waals surface area (Å²) in [7, 11) is 0. The summed E-state index contributed by atoms with van der Waals surface area (Å²) in [6, 6.07) is 20.7. The minimum Gasteiger partial charge on any atom is -0.486 e. The van der Waals surface area contributed by atoms with Crippen molar-refractivity contribution in [2.45, 2.75) is 19.4 Å². The van der Waals surface area contributed by atoms with E-state index in [2.05, 4.69) is 9.88 Å². The lowest BCUT2D eigenvalue weighted by Crippen LogP contribution is -2.17. The maximum atomic E-state index is 12.8. The Morgan fingerprint density at radius 3 is 2.23 bits per heavy atom. The Morgan fingerprint density at radius 2 is 1.52 bits per heavy atom. The Labute approximate surface area is 179 Å². The molecule has 0 atom stereocenters. The van der Waals surface area contributed by atoms with Crippen LogP contribution in [0.15, 0.2) is 71.5 Å². The van der Waals surface area contributed by atoms with Gasteiger partial charge in [-0.2, -0.15) is 0 Å². The van der Waals surface area contributed by atoms with Crippen molar-refractivity contribution in [3.05, 3.63) is 77.0 Å². The molecule has 156 valence electrons. The molecule has 6 heteroatoms. The molecule has 4 aromatic rings. The predicted octanol–water partition coefficient (Wildman–Crippen LogP) is 4.34. The van der Waals surface area contributed by atoms with E-state index in [1.165, 1.54) is 0 Å². The third-order valence-corrected chi connectivity index (χ3v) is 5.49. The van der Waals surface area contributed by atoms with Gasteiger partial charge in [0, 0.05) is 35.5 Å². The molecule has 6 nitrogen and oxygen atoms in total. The minimum atomic E-state index is -0.0636. The van der Waals surface area contributed by atoms with Crippen molar-refractivity contribution in [2.24, 2.45) is 0 Å². The highest BCUT2D eigenvalue weighted by molar-refractivity contribution is 5.93. The van der Waals surface area contributed by atoms with E-state index < -0.39 is 0 Å². The number of amides is 1. The SMILES string of the molecule is O=C(CCCn1c2ccccc2c(=O)c2ccccc21)Nc1ccc2c(c1)OCCO2. The molecule has 31 heavy (non-hydrogen) atoms. The van der Waals surface area contributed by atoms with Crippen molar-refractivity contribution in [1.29, 1.82) is 0 Å². The molecule has 0 fully saturated rings. The summed E-state index contributed by atoms with van der Waals surface area (Å²) < 4.78 is 13.2. The van der Waals surface area contributed by atoms with Crippen LogP contribution in [-0.4, -0.2) is 23.7 Å². The largest absolute Gasteiger partial charge is 0.486 e. The Hall–Kier alpha value is -3.80. The van der Waals surface area contributed by atoms with Crippen molar-refractivity contribution in [1.82, 2.24) is 4.57 Å².